The number of halogens is 4. The first-order valence-corrected chi connectivity index (χ1v) is 7.96. The van der Waals surface area contributed by atoms with Crippen molar-refractivity contribution in [3.63, 3.8) is 0 Å². The zero-order valence-electron chi connectivity index (χ0n) is 14.4. The normalized spacial score (nSPS) is 12.5. The molecule has 3 nitrogen and oxygen atoms in total. The quantitative estimate of drug-likeness (QED) is 0.401. The highest BCUT2D eigenvalue weighted by Gasteiger charge is 2.13. The molecule has 0 amide bonds. The number of hydrogen-bond donors (Lipinski definition) is 0. The summed E-state index contributed by atoms with van der Waals surface area (Å²) >= 11 is 0. The number of para-hydroxylation sites is 2. The van der Waals surface area contributed by atoms with Crippen LogP contribution in [0.4, 0.5) is 28.9 Å². The number of rotatable bonds is 4. The van der Waals surface area contributed by atoms with E-state index >= 15 is 0 Å². The molecule has 138 valence electrons. The average molecular weight is 374 g/mol. The minimum Gasteiger partial charge on any atom is -0.454 e. The van der Waals surface area contributed by atoms with Crippen LogP contribution >= 0.6 is 0 Å². The van der Waals surface area contributed by atoms with Gasteiger partial charge in [-0.3, -0.25) is 0 Å². The van der Waals surface area contributed by atoms with Gasteiger partial charge in [-0.2, -0.15) is 0 Å². The highest BCUT2D eigenvalue weighted by molar-refractivity contribution is 6.01. The van der Waals surface area contributed by atoms with E-state index in [1.54, 1.807) is 0 Å². The summed E-state index contributed by atoms with van der Waals surface area (Å²) in [7, 11) is 0. The average Bonchev–Trinajstić information content (AvgIpc) is 3.12. The third-order valence-corrected chi connectivity index (χ3v) is 3.75. The molecule has 0 bridgehead atoms. The zero-order valence-corrected chi connectivity index (χ0v) is 14.4. The van der Waals surface area contributed by atoms with Gasteiger partial charge in [0.15, 0.2) is 23.3 Å². The number of aliphatic imine (C=N–C) groups is 2. The van der Waals surface area contributed by atoms with Gasteiger partial charge in [-0.15, -0.1) is 0 Å². The van der Waals surface area contributed by atoms with E-state index in [0.29, 0.717) is 0 Å². The van der Waals surface area contributed by atoms with E-state index < -0.39 is 34.6 Å². The molecule has 3 rings (SSSR count). The van der Waals surface area contributed by atoms with Gasteiger partial charge < -0.3 is 4.42 Å². The van der Waals surface area contributed by atoms with Crippen LogP contribution in [0.1, 0.15) is 25.4 Å². The highest BCUT2D eigenvalue weighted by atomic mass is 19.1. The molecule has 7 heteroatoms. The lowest BCUT2D eigenvalue weighted by Gasteiger charge is -2.02. The van der Waals surface area contributed by atoms with Crippen LogP contribution in [0.2, 0.25) is 0 Å². The van der Waals surface area contributed by atoms with Crippen LogP contribution < -0.4 is 0 Å². The Kier molecular flexibility index (Phi) is 5.21. The van der Waals surface area contributed by atoms with E-state index in [9.17, 15) is 17.6 Å². The molecule has 0 saturated carbocycles. The second kappa shape index (κ2) is 7.57. The molecule has 3 aromatic rings. The topological polar surface area (TPSA) is 37.9 Å². The lowest BCUT2D eigenvalue weighted by molar-refractivity contribution is 0.546. The SMILES string of the molecule is CC(=Nc1c(F)cccc1F)c1ccc(C(C)=Nc2c(F)cccc2F)o1. The molecule has 0 atom stereocenters. The predicted molar refractivity (Wildman–Crippen MR) is 95.2 cm³/mol. The van der Waals surface area contributed by atoms with Crippen molar-refractivity contribution in [3.8, 4) is 0 Å². The van der Waals surface area contributed by atoms with Gasteiger partial charge in [0.05, 0.1) is 11.4 Å². The molecule has 1 aromatic heterocycles. The van der Waals surface area contributed by atoms with Crippen molar-refractivity contribution in [2.45, 2.75) is 13.8 Å². The van der Waals surface area contributed by atoms with Crippen molar-refractivity contribution < 1.29 is 22.0 Å². The molecule has 0 spiro atoms. The maximum absolute atomic E-state index is 13.7. The first-order valence-electron chi connectivity index (χ1n) is 7.96. The number of hydrogen-bond acceptors (Lipinski definition) is 3. The molecule has 0 aliphatic heterocycles. The molecule has 0 radical (unpaired) electrons. The van der Waals surface area contributed by atoms with E-state index in [1.807, 2.05) is 0 Å². The van der Waals surface area contributed by atoms with Crippen LogP contribution in [0, 0.1) is 23.3 Å². The van der Waals surface area contributed by atoms with Gasteiger partial charge in [0.2, 0.25) is 0 Å². The summed E-state index contributed by atoms with van der Waals surface area (Å²) in [5.41, 5.74) is -0.385. The third-order valence-electron chi connectivity index (χ3n) is 3.75. The number of nitrogens with zero attached hydrogens (tertiary/aromatic N) is 2. The molecule has 27 heavy (non-hydrogen) atoms. The molecule has 1 heterocycles. The van der Waals surface area contributed by atoms with E-state index in [-0.39, 0.29) is 22.9 Å². The summed E-state index contributed by atoms with van der Waals surface area (Å²) in [6, 6.07) is 9.95. The maximum Gasteiger partial charge on any atom is 0.151 e. The van der Waals surface area contributed by atoms with Gasteiger partial charge >= 0.3 is 0 Å². The lowest BCUT2D eigenvalue weighted by atomic mass is 10.2. The van der Waals surface area contributed by atoms with Crippen molar-refractivity contribution >= 4 is 22.8 Å². The molecular weight excluding hydrogens is 360 g/mol. The maximum atomic E-state index is 13.7. The van der Waals surface area contributed by atoms with E-state index in [2.05, 4.69) is 9.98 Å². The molecule has 2 aromatic carbocycles. The fourth-order valence-corrected chi connectivity index (χ4v) is 2.36. The Labute approximate surface area is 152 Å². The lowest BCUT2D eigenvalue weighted by Crippen LogP contribution is -1.95. The van der Waals surface area contributed by atoms with Crippen molar-refractivity contribution in [1.82, 2.24) is 0 Å². The largest absolute Gasteiger partial charge is 0.454 e. The molecule has 0 saturated heterocycles. The summed E-state index contributed by atoms with van der Waals surface area (Å²) in [6.45, 7) is 3.05. The van der Waals surface area contributed by atoms with Gasteiger partial charge in [-0.25, -0.2) is 27.5 Å². The Morgan fingerprint density at radius 2 is 0.963 bits per heavy atom. The van der Waals surface area contributed by atoms with Gasteiger partial charge in [0.25, 0.3) is 0 Å². The van der Waals surface area contributed by atoms with Gasteiger partial charge in [-0.05, 0) is 50.2 Å². The summed E-state index contributed by atoms with van der Waals surface area (Å²) in [6.07, 6.45) is 0. The summed E-state index contributed by atoms with van der Waals surface area (Å²) in [5, 5.41) is 0. The Hall–Kier alpha value is -3.22. The van der Waals surface area contributed by atoms with E-state index in [4.69, 9.17) is 4.42 Å². The fraction of sp³-hybridized carbons (Fsp3) is 0.100. The number of furan rings is 1. The molecule has 0 aliphatic rings. The zero-order chi connectivity index (χ0) is 19.6. The standard InChI is InChI=1S/C20H14F4N2O/c1-11(25-19-13(21)5-3-6-14(19)22)17-9-10-18(27-17)12(2)26-20-15(23)7-4-8-16(20)24/h3-10H,1-2H3. The molecule has 0 fully saturated rings. The second-order valence-electron chi connectivity index (χ2n) is 5.70. The van der Waals surface area contributed by atoms with Gasteiger partial charge in [0.1, 0.15) is 22.9 Å². The smallest absolute Gasteiger partial charge is 0.151 e. The number of benzene rings is 2. The summed E-state index contributed by atoms with van der Waals surface area (Å²) in [5.74, 6) is -2.70. The minimum atomic E-state index is -0.797. The third kappa shape index (κ3) is 3.97. The Bertz CT molecular complexity index is 931. The predicted octanol–water partition coefficient (Wildman–Crippen LogP) is 6.12. The van der Waals surface area contributed by atoms with Crippen LogP contribution in [0.15, 0.2) is 62.9 Å². The minimum absolute atomic E-state index is 0.232. The second-order valence-corrected chi connectivity index (χ2v) is 5.70. The Morgan fingerprint density at radius 3 is 1.30 bits per heavy atom. The van der Waals surface area contributed by atoms with Crippen molar-refractivity contribution in [2.75, 3.05) is 0 Å². The van der Waals surface area contributed by atoms with Crippen LogP contribution in [0.25, 0.3) is 0 Å². The Balaban J connectivity index is 1.92. The molecular formula is C20H14F4N2O. The van der Waals surface area contributed by atoms with Crippen molar-refractivity contribution in [3.05, 3.63) is 83.3 Å². The highest BCUT2D eigenvalue weighted by Crippen LogP contribution is 2.25. The Morgan fingerprint density at radius 1 is 0.630 bits per heavy atom. The molecule has 0 aliphatic carbocycles. The van der Waals surface area contributed by atoms with E-state index in [0.717, 1.165) is 24.3 Å². The first kappa shape index (κ1) is 18.6. The summed E-state index contributed by atoms with van der Waals surface area (Å²) in [4.78, 5) is 7.85. The molecule has 0 N–H and O–H groups in total. The van der Waals surface area contributed by atoms with Gasteiger partial charge in [0, 0.05) is 0 Å². The van der Waals surface area contributed by atoms with E-state index in [1.165, 1.54) is 38.1 Å². The van der Waals surface area contributed by atoms with Crippen molar-refractivity contribution in [2.24, 2.45) is 9.98 Å². The van der Waals surface area contributed by atoms with Crippen molar-refractivity contribution in [1.29, 1.82) is 0 Å². The van der Waals surface area contributed by atoms with Crippen LogP contribution in [-0.2, 0) is 0 Å². The van der Waals surface area contributed by atoms with Crippen LogP contribution in [-0.4, -0.2) is 11.4 Å². The van der Waals surface area contributed by atoms with Crippen LogP contribution in [0.5, 0.6) is 0 Å². The molecule has 0 unspecified atom stereocenters. The summed E-state index contributed by atoms with van der Waals surface area (Å²) < 4.78 is 60.4. The first-order chi connectivity index (χ1) is 12.9. The van der Waals surface area contributed by atoms with Gasteiger partial charge in [-0.1, -0.05) is 12.1 Å². The van der Waals surface area contributed by atoms with Crippen LogP contribution in [0.3, 0.4) is 0 Å². The fourth-order valence-electron chi connectivity index (χ4n) is 2.36. The monoisotopic (exact) mass is 374 g/mol.